The molecule has 1 aliphatic heterocycles. The highest BCUT2D eigenvalue weighted by Gasteiger charge is 2.26. The molecule has 2 N–H and O–H groups in total. The Labute approximate surface area is 107 Å². The standard InChI is InChI=1S/C10H19N5O2S/c1-15-8-12-10(14-15)4-7-13-18(16,17)9-2-5-11-6-3-9/h8-9,11,13H,2-7H2,1H3. The van der Waals surface area contributed by atoms with Crippen LogP contribution in [0.2, 0.25) is 0 Å². The molecule has 0 saturated carbocycles. The van der Waals surface area contributed by atoms with E-state index in [0.29, 0.717) is 31.6 Å². The highest BCUT2D eigenvalue weighted by molar-refractivity contribution is 7.90. The SMILES string of the molecule is Cn1cnc(CCNS(=O)(=O)C2CCNCC2)n1. The molecule has 8 heteroatoms. The number of nitrogens with zero attached hydrogens (tertiary/aromatic N) is 3. The maximum atomic E-state index is 12.0. The van der Waals surface area contributed by atoms with Crippen molar-refractivity contribution >= 4 is 10.0 Å². The number of sulfonamides is 1. The van der Waals surface area contributed by atoms with E-state index in [1.54, 1.807) is 18.1 Å². The van der Waals surface area contributed by atoms with Crippen molar-refractivity contribution in [2.45, 2.75) is 24.5 Å². The van der Waals surface area contributed by atoms with E-state index in [4.69, 9.17) is 0 Å². The first-order chi connectivity index (χ1) is 8.58. The monoisotopic (exact) mass is 273 g/mol. The second-order valence-corrected chi connectivity index (χ2v) is 6.52. The van der Waals surface area contributed by atoms with E-state index in [1.165, 1.54) is 0 Å². The number of aryl methyl sites for hydroxylation is 1. The van der Waals surface area contributed by atoms with Crippen LogP contribution in [0.3, 0.4) is 0 Å². The molecule has 1 saturated heterocycles. The lowest BCUT2D eigenvalue weighted by Crippen LogP contribution is -2.42. The van der Waals surface area contributed by atoms with Crippen LogP contribution in [-0.4, -0.2) is 48.1 Å². The van der Waals surface area contributed by atoms with Crippen LogP contribution in [0.25, 0.3) is 0 Å². The van der Waals surface area contributed by atoms with Gasteiger partial charge in [0.05, 0.1) is 5.25 Å². The Bertz CT molecular complexity index is 478. The van der Waals surface area contributed by atoms with Crippen molar-refractivity contribution in [3.8, 4) is 0 Å². The van der Waals surface area contributed by atoms with Crippen LogP contribution < -0.4 is 10.0 Å². The fraction of sp³-hybridized carbons (Fsp3) is 0.800. The van der Waals surface area contributed by atoms with Crippen molar-refractivity contribution in [3.63, 3.8) is 0 Å². The van der Waals surface area contributed by atoms with Gasteiger partial charge in [-0.1, -0.05) is 0 Å². The molecule has 18 heavy (non-hydrogen) atoms. The molecule has 1 aromatic rings. The molecule has 0 spiro atoms. The molecule has 0 atom stereocenters. The predicted octanol–water partition coefficient (Wildman–Crippen LogP) is -0.971. The summed E-state index contributed by atoms with van der Waals surface area (Å²) in [4.78, 5) is 4.05. The highest BCUT2D eigenvalue weighted by Crippen LogP contribution is 2.11. The molecule has 0 aliphatic carbocycles. The second-order valence-electron chi connectivity index (χ2n) is 4.47. The summed E-state index contributed by atoms with van der Waals surface area (Å²) in [6.45, 7) is 1.90. The maximum absolute atomic E-state index is 12.0. The van der Waals surface area contributed by atoms with Gasteiger partial charge in [-0.05, 0) is 25.9 Å². The van der Waals surface area contributed by atoms with Crippen molar-refractivity contribution in [3.05, 3.63) is 12.2 Å². The molecule has 102 valence electrons. The van der Waals surface area contributed by atoms with Crippen LogP contribution in [-0.2, 0) is 23.5 Å². The number of rotatable bonds is 5. The number of aromatic nitrogens is 3. The van der Waals surface area contributed by atoms with Crippen LogP contribution in [0.1, 0.15) is 18.7 Å². The van der Waals surface area contributed by atoms with Gasteiger partial charge in [-0.15, -0.1) is 0 Å². The summed E-state index contributed by atoms with van der Waals surface area (Å²) >= 11 is 0. The van der Waals surface area contributed by atoms with E-state index >= 15 is 0 Å². The quantitative estimate of drug-likeness (QED) is 0.720. The summed E-state index contributed by atoms with van der Waals surface area (Å²) in [5, 5.41) is 6.99. The smallest absolute Gasteiger partial charge is 0.214 e. The van der Waals surface area contributed by atoms with Crippen LogP contribution >= 0.6 is 0 Å². The number of hydrogen-bond acceptors (Lipinski definition) is 5. The largest absolute Gasteiger partial charge is 0.317 e. The molecule has 0 bridgehead atoms. The molecule has 1 aliphatic rings. The topological polar surface area (TPSA) is 88.9 Å². The Morgan fingerprint density at radius 3 is 2.83 bits per heavy atom. The molecule has 0 unspecified atom stereocenters. The van der Waals surface area contributed by atoms with E-state index in [0.717, 1.165) is 13.1 Å². The Balaban J connectivity index is 1.81. The second kappa shape index (κ2) is 5.77. The minimum atomic E-state index is -3.20. The molecule has 2 heterocycles. The predicted molar refractivity (Wildman–Crippen MR) is 67.5 cm³/mol. The summed E-state index contributed by atoms with van der Waals surface area (Å²) in [5.41, 5.74) is 0. The van der Waals surface area contributed by atoms with Gasteiger partial charge < -0.3 is 5.32 Å². The summed E-state index contributed by atoms with van der Waals surface area (Å²) in [6.07, 6.45) is 3.48. The minimum absolute atomic E-state index is 0.268. The first-order valence-corrected chi connectivity index (χ1v) is 7.66. The molecule has 7 nitrogen and oxygen atoms in total. The molecule has 2 rings (SSSR count). The minimum Gasteiger partial charge on any atom is -0.317 e. The lowest BCUT2D eigenvalue weighted by molar-refractivity contribution is 0.489. The van der Waals surface area contributed by atoms with E-state index in [2.05, 4.69) is 20.1 Å². The summed E-state index contributed by atoms with van der Waals surface area (Å²) in [5.74, 6) is 0.658. The lowest BCUT2D eigenvalue weighted by atomic mass is 10.2. The zero-order valence-corrected chi connectivity index (χ0v) is 11.3. The van der Waals surface area contributed by atoms with Gasteiger partial charge >= 0.3 is 0 Å². The first-order valence-electron chi connectivity index (χ1n) is 6.11. The molecule has 1 fully saturated rings. The van der Waals surface area contributed by atoms with Gasteiger partial charge in [0, 0.05) is 20.0 Å². The number of hydrogen-bond donors (Lipinski definition) is 2. The van der Waals surface area contributed by atoms with Gasteiger partial charge in [0.25, 0.3) is 0 Å². The first kappa shape index (κ1) is 13.4. The molecule has 0 aromatic carbocycles. The van der Waals surface area contributed by atoms with Gasteiger partial charge in [-0.2, -0.15) is 5.10 Å². The third-order valence-electron chi connectivity index (χ3n) is 3.02. The summed E-state index contributed by atoms with van der Waals surface area (Å²) in [7, 11) is -1.41. The van der Waals surface area contributed by atoms with Gasteiger partial charge in [-0.25, -0.2) is 18.1 Å². The van der Waals surface area contributed by atoms with Gasteiger partial charge in [0.15, 0.2) is 5.82 Å². The van der Waals surface area contributed by atoms with Crippen LogP contribution in [0.15, 0.2) is 6.33 Å². The number of nitrogens with one attached hydrogen (secondary N) is 2. The van der Waals surface area contributed by atoms with E-state index in [-0.39, 0.29) is 5.25 Å². The third-order valence-corrected chi connectivity index (χ3v) is 4.98. The Hall–Kier alpha value is -0.990. The molecule has 0 amide bonds. The van der Waals surface area contributed by atoms with Crippen molar-refractivity contribution in [1.29, 1.82) is 0 Å². The van der Waals surface area contributed by atoms with Gasteiger partial charge in [-0.3, -0.25) is 4.68 Å². The van der Waals surface area contributed by atoms with Crippen LogP contribution in [0, 0.1) is 0 Å². The zero-order chi connectivity index (χ0) is 13.0. The lowest BCUT2D eigenvalue weighted by Gasteiger charge is -2.22. The van der Waals surface area contributed by atoms with Crippen molar-refractivity contribution in [2.24, 2.45) is 7.05 Å². The summed E-state index contributed by atoms with van der Waals surface area (Å²) < 4.78 is 28.2. The Morgan fingerprint density at radius 1 is 1.50 bits per heavy atom. The fourth-order valence-corrected chi connectivity index (χ4v) is 3.51. The Morgan fingerprint density at radius 2 is 2.22 bits per heavy atom. The van der Waals surface area contributed by atoms with Crippen LogP contribution in [0.4, 0.5) is 0 Å². The number of piperidine rings is 1. The zero-order valence-electron chi connectivity index (χ0n) is 10.5. The Kier molecular flexibility index (Phi) is 4.31. The molecular weight excluding hydrogens is 254 g/mol. The summed E-state index contributed by atoms with van der Waals surface area (Å²) in [6, 6.07) is 0. The molecule has 1 aromatic heterocycles. The van der Waals surface area contributed by atoms with Crippen LogP contribution in [0.5, 0.6) is 0 Å². The van der Waals surface area contributed by atoms with E-state index < -0.39 is 10.0 Å². The normalized spacial score (nSPS) is 18.1. The van der Waals surface area contributed by atoms with Crippen molar-refractivity contribution < 1.29 is 8.42 Å². The van der Waals surface area contributed by atoms with E-state index in [9.17, 15) is 8.42 Å². The molecular formula is C10H19N5O2S. The van der Waals surface area contributed by atoms with Gasteiger partial charge in [0.2, 0.25) is 10.0 Å². The fourth-order valence-electron chi connectivity index (χ4n) is 2.03. The van der Waals surface area contributed by atoms with Crippen molar-refractivity contribution in [2.75, 3.05) is 19.6 Å². The average Bonchev–Trinajstić information content (AvgIpc) is 2.76. The van der Waals surface area contributed by atoms with Gasteiger partial charge in [0.1, 0.15) is 6.33 Å². The van der Waals surface area contributed by atoms with E-state index in [1.807, 2.05) is 0 Å². The highest BCUT2D eigenvalue weighted by atomic mass is 32.2. The van der Waals surface area contributed by atoms with Crippen molar-refractivity contribution in [1.82, 2.24) is 24.8 Å². The molecule has 0 radical (unpaired) electrons. The average molecular weight is 273 g/mol. The maximum Gasteiger partial charge on any atom is 0.214 e. The third kappa shape index (κ3) is 3.50.